The smallest absolute Gasteiger partial charge is 0.271 e. The van der Waals surface area contributed by atoms with Gasteiger partial charge in [0.15, 0.2) is 5.54 Å². The van der Waals surface area contributed by atoms with Crippen molar-refractivity contribution >= 4 is 17.5 Å². The third-order valence-corrected chi connectivity index (χ3v) is 3.16. The number of nitriles is 1. The zero-order valence-corrected chi connectivity index (χ0v) is 10.6. The second-order valence-corrected chi connectivity index (χ2v) is 4.56. The van der Waals surface area contributed by atoms with Crippen molar-refractivity contribution in [1.82, 2.24) is 10.3 Å². The van der Waals surface area contributed by atoms with Crippen LogP contribution in [0.5, 0.6) is 0 Å². The molecule has 0 radical (unpaired) electrons. The lowest BCUT2D eigenvalue weighted by Gasteiger charge is -2.35. The van der Waals surface area contributed by atoms with E-state index in [-0.39, 0.29) is 18.9 Å². The number of pyridine rings is 1. The number of rotatable bonds is 3. The van der Waals surface area contributed by atoms with E-state index < -0.39 is 11.4 Å². The molecule has 0 spiro atoms. The van der Waals surface area contributed by atoms with Gasteiger partial charge in [-0.25, -0.2) is 0 Å². The van der Waals surface area contributed by atoms with Gasteiger partial charge in [0.1, 0.15) is 5.69 Å². The molecular formula is C12H12ClN3O2. The number of nitrogens with one attached hydrogen (secondary N) is 1. The van der Waals surface area contributed by atoms with Crippen molar-refractivity contribution in [2.24, 2.45) is 0 Å². The van der Waals surface area contributed by atoms with E-state index in [1.165, 1.54) is 6.07 Å². The van der Waals surface area contributed by atoms with Gasteiger partial charge in [-0.3, -0.25) is 9.78 Å². The Labute approximate surface area is 110 Å². The molecule has 1 aromatic rings. The molecule has 18 heavy (non-hydrogen) atoms. The molecule has 1 aromatic heterocycles. The largest absolute Gasteiger partial charge is 0.374 e. The summed E-state index contributed by atoms with van der Waals surface area (Å²) in [6, 6.07) is 3.55. The molecule has 0 aliphatic carbocycles. The van der Waals surface area contributed by atoms with Crippen LogP contribution in [0.3, 0.4) is 0 Å². The highest BCUT2D eigenvalue weighted by Crippen LogP contribution is 2.19. The van der Waals surface area contributed by atoms with E-state index in [9.17, 15) is 4.79 Å². The molecule has 1 saturated heterocycles. The number of carbonyl (C=O) groups excluding carboxylic acids is 1. The van der Waals surface area contributed by atoms with E-state index in [1.54, 1.807) is 6.20 Å². The van der Waals surface area contributed by atoms with Crippen LogP contribution < -0.4 is 5.32 Å². The first-order chi connectivity index (χ1) is 8.60. The van der Waals surface area contributed by atoms with Crippen molar-refractivity contribution < 1.29 is 9.53 Å². The predicted molar refractivity (Wildman–Crippen MR) is 65.3 cm³/mol. The SMILES string of the molecule is CCc1cnc(C(=O)NC2(C#N)COC2)cc1Cl. The quantitative estimate of drug-likeness (QED) is 0.894. The molecule has 0 bridgehead atoms. The summed E-state index contributed by atoms with van der Waals surface area (Å²) in [7, 11) is 0. The molecule has 1 aliphatic rings. The van der Waals surface area contributed by atoms with Crippen LogP contribution in [0, 0.1) is 11.3 Å². The zero-order chi connectivity index (χ0) is 13.2. The first kappa shape index (κ1) is 12.8. The molecule has 1 aliphatic heterocycles. The fraction of sp³-hybridized carbons (Fsp3) is 0.417. The van der Waals surface area contributed by atoms with Crippen LogP contribution in [-0.2, 0) is 11.2 Å². The van der Waals surface area contributed by atoms with Crippen molar-refractivity contribution in [2.75, 3.05) is 13.2 Å². The number of aromatic nitrogens is 1. The second kappa shape index (κ2) is 4.92. The summed E-state index contributed by atoms with van der Waals surface area (Å²) < 4.78 is 4.94. The number of ether oxygens (including phenoxy) is 1. The average molecular weight is 266 g/mol. The van der Waals surface area contributed by atoms with Crippen molar-refractivity contribution in [3.05, 3.63) is 28.5 Å². The normalized spacial score (nSPS) is 16.5. The van der Waals surface area contributed by atoms with Crippen LogP contribution in [0.25, 0.3) is 0 Å². The van der Waals surface area contributed by atoms with Crippen molar-refractivity contribution in [2.45, 2.75) is 18.9 Å². The number of hydrogen-bond donors (Lipinski definition) is 1. The number of nitrogens with zero attached hydrogens (tertiary/aromatic N) is 2. The Morgan fingerprint density at radius 2 is 2.44 bits per heavy atom. The van der Waals surface area contributed by atoms with Gasteiger partial charge in [-0.15, -0.1) is 0 Å². The van der Waals surface area contributed by atoms with Gasteiger partial charge in [0.2, 0.25) is 0 Å². The summed E-state index contributed by atoms with van der Waals surface area (Å²) in [4.78, 5) is 16.0. The molecule has 0 unspecified atom stereocenters. The third-order valence-electron chi connectivity index (χ3n) is 2.81. The maximum Gasteiger partial charge on any atom is 0.271 e. The third kappa shape index (κ3) is 2.30. The van der Waals surface area contributed by atoms with Gasteiger partial charge in [-0.1, -0.05) is 18.5 Å². The fourth-order valence-electron chi connectivity index (χ4n) is 1.60. The predicted octanol–water partition coefficient (Wildman–Crippen LogP) is 1.32. The first-order valence-corrected chi connectivity index (χ1v) is 5.94. The lowest BCUT2D eigenvalue weighted by atomic mass is 9.99. The lowest BCUT2D eigenvalue weighted by molar-refractivity contribution is -0.0398. The summed E-state index contributed by atoms with van der Waals surface area (Å²) in [5.74, 6) is -0.413. The van der Waals surface area contributed by atoms with E-state index in [0.717, 1.165) is 12.0 Å². The summed E-state index contributed by atoms with van der Waals surface area (Å²) in [6.45, 7) is 2.37. The summed E-state index contributed by atoms with van der Waals surface area (Å²) in [6.07, 6.45) is 2.33. The number of aryl methyl sites for hydroxylation is 1. The molecule has 0 saturated carbocycles. The van der Waals surface area contributed by atoms with Crippen LogP contribution in [0.1, 0.15) is 23.0 Å². The molecular weight excluding hydrogens is 254 g/mol. The minimum absolute atomic E-state index is 0.204. The fourth-order valence-corrected chi connectivity index (χ4v) is 1.88. The van der Waals surface area contributed by atoms with E-state index in [1.807, 2.05) is 13.0 Å². The van der Waals surface area contributed by atoms with Crippen LogP contribution in [-0.4, -0.2) is 29.6 Å². The summed E-state index contributed by atoms with van der Waals surface area (Å²) in [5.41, 5.74) is 0.170. The highest BCUT2D eigenvalue weighted by molar-refractivity contribution is 6.31. The Kier molecular flexibility index (Phi) is 3.50. The highest BCUT2D eigenvalue weighted by Gasteiger charge is 2.40. The van der Waals surface area contributed by atoms with Crippen molar-refractivity contribution in [3.63, 3.8) is 0 Å². The Morgan fingerprint density at radius 3 is 2.89 bits per heavy atom. The van der Waals surface area contributed by atoms with Gasteiger partial charge in [0, 0.05) is 11.2 Å². The monoisotopic (exact) mass is 265 g/mol. The standard InChI is InChI=1S/C12H12ClN3O2/c1-2-8-4-15-10(3-9(8)13)11(17)16-12(5-14)6-18-7-12/h3-4H,2,6-7H2,1H3,(H,16,17). The van der Waals surface area contributed by atoms with Gasteiger partial charge in [-0.2, -0.15) is 5.26 Å². The molecule has 0 atom stereocenters. The van der Waals surface area contributed by atoms with Crippen molar-refractivity contribution in [3.8, 4) is 6.07 Å². The highest BCUT2D eigenvalue weighted by atomic mass is 35.5. The molecule has 1 amide bonds. The van der Waals surface area contributed by atoms with E-state index >= 15 is 0 Å². The van der Waals surface area contributed by atoms with Gasteiger partial charge >= 0.3 is 0 Å². The maximum absolute atomic E-state index is 11.9. The van der Waals surface area contributed by atoms with Gasteiger partial charge < -0.3 is 10.1 Å². The minimum atomic E-state index is -0.922. The van der Waals surface area contributed by atoms with Crippen molar-refractivity contribution in [1.29, 1.82) is 5.26 Å². The molecule has 5 nitrogen and oxygen atoms in total. The topological polar surface area (TPSA) is 75.0 Å². The Morgan fingerprint density at radius 1 is 1.72 bits per heavy atom. The van der Waals surface area contributed by atoms with Gasteiger partial charge in [0.25, 0.3) is 5.91 Å². The van der Waals surface area contributed by atoms with Gasteiger partial charge in [-0.05, 0) is 18.1 Å². The van der Waals surface area contributed by atoms with E-state index in [0.29, 0.717) is 5.02 Å². The molecule has 6 heteroatoms. The number of halogens is 1. The van der Waals surface area contributed by atoms with Crippen LogP contribution in [0.2, 0.25) is 5.02 Å². The minimum Gasteiger partial charge on any atom is -0.374 e. The number of hydrogen-bond acceptors (Lipinski definition) is 4. The maximum atomic E-state index is 11.9. The Hall–Kier alpha value is -1.64. The van der Waals surface area contributed by atoms with E-state index in [2.05, 4.69) is 10.3 Å². The molecule has 0 aromatic carbocycles. The molecule has 2 heterocycles. The van der Waals surface area contributed by atoms with Crippen LogP contribution in [0.4, 0.5) is 0 Å². The first-order valence-electron chi connectivity index (χ1n) is 5.56. The molecule has 2 rings (SSSR count). The number of amides is 1. The lowest BCUT2D eigenvalue weighted by Crippen LogP contribution is -2.61. The second-order valence-electron chi connectivity index (χ2n) is 4.16. The Bertz CT molecular complexity index is 521. The molecule has 94 valence electrons. The molecule has 1 N–H and O–H groups in total. The van der Waals surface area contributed by atoms with E-state index in [4.69, 9.17) is 21.6 Å². The van der Waals surface area contributed by atoms with Crippen LogP contribution >= 0.6 is 11.6 Å². The molecule has 1 fully saturated rings. The Balaban J connectivity index is 2.15. The number of carbonyl (C=O) groups is 1. The average Bonchev–Trinajstić information content (AvgIpc) is 2.33. The van der Waals surface area contributed by atoms with Gasteiger partial charge in [0.05, 0.1) is 19.3 Å². The summed E-state index contributed by atoms with van der Waals surface area (Å²) >= 11 is 6.02. The zero-order valence-electron chi connectivity index (χ0n) is 9.86. The summed E-state index contributed by atoms with van der Waals surface area (Å²) in [5, 5.41) is 12.1. The van der Waals surface area contributed by atoms with Crippen LogP contribution in [0.15, 0.2) is 12.3 Å².